The van der Waals surface area contributed by atoms with Gasteiger partial charge in [0, 0.05) is 5.56 Å². The molecule has 6 heteroatoms. The number of rotatable bonds is 7. The first-order valence-electron chi connectivity index (χ1n) is 11.1. The summed E-state index contributed by atoms with van der Waals surface area (Å²) in [7, 11) is -2.26. The zero-order valence-corrected chi connectivity index (χ0v) is 20.4. The molecule has 35 heavy (non-hydrogen) atoms. The number of aryl methyl sites for hydroxylation is 1. The fourth-order valence-electron chi connectivity index (χ4n) is 3.39. The Bertz CT molecular complexity index is 1430. The minimum Gasteiger partial charge on any atom is -0.497 e. The second-order valence-corrected chi connectivity index (χ2v) is 9.80. The zero-order chi connectivity index (χ0) is 24.7. The van der Waals surface area contributed by atoms with Crippen LogP contribution in [0.15, 0.2) is 124 Å². The molecule has 0 unspecified atom stereocenters. The highest BCUT2D eigenvalue weighted by atomic mass is 32.2. The maximum absolute atomic E-state index is 13.7. The van der Waals surface area contributed by atoms with Crippen LogP contribution < -0.4 is 10.1 Å². The topological polar surface area (TPSA) is 67.8 Å². The van der Waals surface area contributed by atoms with Crippen LogP contribution in [-0.2, 0) is 9.84 Å². The van der Waals surface area contributed by atoms with Crippen LogP contribution >= 0.6 is 0 Å². The highest BCUT2D eigenvalue weighted by Crippen LogP contribution is 2.23. The summed E-state index contributed by atoms with van der Waals surface area (Å²) in [5.41, 5.74) is 3.26. The molecule has 1 N–H and O–H groups in total. The summed E-state index contributed by atoms with van der Waals surface area (Å²) in [6.07, 6.45) is 1.63. The van der Waals surface area contributed by atoms with Crippen molar-refractivity contribution >= 4 is 27.4 Å². The minimum absolute atomic E-state index is 0.0303. The SMILES string of the molecule is COc1ccc(N=C(NC(=Cc2ccccc2)S(=O)(=O)c2ccccc2)c2ccc(C)cc2)cc1. The van der Waals surface area contributed by atoms with E-state index in [1.165, 1.54) is 0 Å². The van der Waals surface area contributed by atoms with Gasteiger partial charge in [0.25, 0.3) is 0 Å². The van der Waals surface area contributed by atoms with Gasteiger partial charge in [-0.1, -0.05) is 78.4 Å². The first kappa shape index (κ1) is 24.0. The van der Waals surface area contributed by atoms with E-state index in [4.69, 9.17) is 9.73 Å². The highest BCUT2D eigenvalue weighted by molar-refractivity contribution is 7.95. The number of hydrogen-bond donors (Lipinski definition) is 1. The van der Waals surface area contributed by atoms with E-state index in [1.54, 1.807) is 43.5 Å². The second kappa shape index (κ2) is 10.8. The Morgan fingerprint density at radius 3 is 2.00 bits per heavy atom. The largest absolute Gasteiger partial charge is 0.497 e. The van der Waals surface area contributed by atoms with Crippen molar-refractivity contribution in [1.29, 1.82) is 0 Å². The Morgan fingerprint density at radius 1 is 0.800 bits per heavy atom. The van der Waals surface area contributed by atoms with E-state index in [2.05, 4.69) is 5.32 Å². The molecule has 0 amide bonds. The van der Waals surface area contributed by atoms with E-state index < -0.39 is 9.84 Å². The summed E-state index contributed by atoms with van der Waals surface area (Å²) < 4.78 is 32.6. The van der Waals surface area contributed by atoms with Crippen molar-refractivity contribution < 1.29 is 13.2 Å². The molecule has 0 saturated heterocycles. The van der Waals surface area contributed by atoms with Gasteiger partial charge in [-0.05, 0) is 55.0 Å². The molecule has 0 aliphatic rings. The van der Waals surface area contributed by atoms with Crippen LogP contribution in [0.4, 0.5) is 5.69 Å². The summed E-state index contributed by atoms with van der Waals surface area (Å²) in [4.78, 5) is 4.96. The van der Waals surface area contributed by atoms with E-state index in [-0.39, 0.29) is 9.92 Å². The van der Waals surface area contributed by atoms with Crippen LogP contribution in [0.2, 0.25) is 0 Å². The molecule has 0 saturated carbocycles. The second-order valence-electron chi connectivity index (χ2n) is 7.89. The summed E-state index contributed by atoms with van der Waals surface area (Å²) >= 11 is 0. The van der Waals surface area contributed by atoms with Crippen molar-refractivity contribution in [2.75, 3.05) is 7.11 Å². The first-order chi connectivity index (χ1) is 17.0. The molecule has 0 spiro atoms. The molecule has 176 valence electrons. The third kappa shape index (κ3) is 6.05. The monoisotopic (exact) mass is 482 g/mol. The Kier molecular flexibility index (Phi) is 7.43. The molecule has 0 aliphatic carbocycles. The fraction of sp³-hybridized carbons (Fsp3) is 0.0690. The number of methoxy groups -OCH3 is 1. The fourth-order valence-corrected chi connectivity index (χ4v) is 4.68. The van der Waals surface area contributed by atoms with E-state index in [1.807, 2.05) is 85.8 Å². The number of benzene rings is 4. The van der Waals surface area contributed by atoms with E-state index >= 15 is 0 Å². The average molecular weight is 483 g/mol. The standard InChI is InChI=1S/C29H26N2O3S/c1-22-13-15-24(16-14-22)29(30-25-17-19-26(34-2)20-18-25)31-28(21-23-9-5-3-6-10-23)35(32,33)27-11-7-4-8-12-27/h3-21H,1-2H3,(H,30,31). The minimum atomic E-state index is -3.86. The lowest BCUT2D eigenvalue weighted by molar-refractivity contribution is 0.415. The first-order valence-corrected chi connectivity index (χ1v) is 12.6. The van der Waals surface area contributed by atoms with Crippen molar-refractivity contribution in [2.24, 2.45) is 4.99 Å². The lowest BCUT2D eigenvalue weighted by Crippen LogP contribution is -2.28. The third-order valence-corrected chi connectivity index (χ3v) is 7.01. The molecule has 0 aromatic heterocycles. The average Bonchev–Trinajstić information content (AvgIpc) is 2.90. The van der Waals surface area contributed by atoms with Gasteiger partial charge < -0.3 is 10.1 Å². The summed E-state index contributed by atoms with van der Waals surface area (Å²) in [5, 5.41) is 3.18. The number of amidine groups is 1. The predicted octanol–water partition coefficient (Wildman–Crippen LogP) is 6.14. The lowest BCUT2D eigenvalue weighted by Gasteiger charge is -2.15. The number of aliphatic imine (C=N–C) groups is 1. The quantitative estimate of drug-likeness (QED) is 0.254. The van der Waals surface area contributed by atoms with Gasteiger partial charge in [0.1, 0.15) is 16.6 Å². The molecule has 4 aromatic carbocycles. The summed E-state index contributed by atoms with van der Waals surface area (Å²) in [5.74, 6) is 1.13. The van der Waals surface area contributed by atoms with E-state index in [9.17, 15) is 8.42 Å². The molecule has 5 nitrogen and oxygen atoms in total. The van der Waals surface area contributed by atoms with Crippen molar-refractivity contribution in [3.8, 4) is 5.75 Å². The number of nitrogens with one attached hydrogen (secondary N) is 1. The van der Waals surface area contributed by atoms with Gasteiger partial charge in [-0.2, -0.15) is 0 Å². The highest BCUT2D eigenvalue weighted by Gasteiger charge is 2.23. The molecule has 0 bridgehead atoms. The lowest BCUT2D eigenvalue weighted by atomic mass is 10.1. The number of sulfone groups is 1. The molecule has 4 rings (SSSR count). The normalized spacial score (nSPS) is 12.3. The molecule has 0 radical (unpaired) electrons. The van der Waals surface area contributed by atoms with Crippen LogP contribution in [0.5, 0.6) is 5.75 Å². The number of nitrogens with zero attached hydrogens (tertiary/aromatic N) is 1. The zero-order valence-electron chi connectivity index (χ0n) is 19.5. The van der Waals surface area contributed by atoms with Crippen LogP contribution in [0.25, 0.3) is 6.08 Å². The maximum atomic E-state index is 13.7. The Hall–Kier alpha value is -4.16. The molecular weight excluding hydrogens is 456 g/mol. The Balaban J connectivity index is 1.84. The molecule has 4 aromatic rings. The maximum Gasteiger partial charge on any atom is 0.221 e. The van der Waals surface area contributed by atoms with Crippen LogP contribution in [0.1, 0.15) is 16.7 Å². The van der Waals surface area contributed by atoms with Crippen LogP contribution in [0.3, 0.4) is 0 Å². The van der Waals surface area contributed by atoms with Crippen LogP contribution in [-0.4, -0.2) is 21.4 Å². The smallest absolute Gasteiger partial charge is 0.221 e. The van der Waals surface area contributed by atoms with Gasteiger partial charge in [0.2, 0.25) is 9.84 Å². The Morgan fingerprint density at radius 2 is 1.40 bits per heavy atom. The van der Waals surface area contributed by atoms with Crippen LogP contribution in [0, 0.1) is 6.92 Å². The Labute approximate surface area is 206 Å². The third-order valence-electron chi connectivity index (χ3n) is 5.32. The van der Waals surface area contributed by atoms with Gasteiger partial charge in [-0.3, -0.25) is 0 Å². The molecular formula is C29H26N2O3S. The van der Waals surface area contributed by atoms with Gasteiger partial charge in [-0.25, -0.2) is 13.4 Å². The van der Waals surface area contributed by atoms with E-state index in [0.717, 1.165) is 16.7 Å². The molecule has 0 atom stereocenters. The van der Waals surface area contributed by atoms with Gasteiger partial charge in [-0.15, -0.1) is 0 Å². The van der Waals surface area contributed by atoms with Crippen molar-refractivity contribution in [1.82, 2.24) is 5.32 Å². The van der Waals surface area contributed by atoms with Gasteiger partial charge in [0.15, 0.2) is 0 Å². The van der Waals surface area contributed by atoms with Crippen molar-refractivity contribution in [2.45, 2.75) is 11.8 Å². The molecule has 0 heterocycles. The summed E-state index contributed by atoms with van der Waals surface area (Å²) in [6, 6.07) is 32.7. The summed E-state index contributed by atoms with van der Waals surface area (Å²) in [6.45, 7) is 2.00. The van der Waals surface area contributed by atoms with Crippen molar-refractivity contribution in [3.05, 3.63) is 131 Å². The van der Waals surface area contributed by atoms with Gasteiger partial charge in [0.05, 0.1) is 17.7 Å². The number of ether oxygens (including phenoxy) is 1. The van der Waals surface area contributed by atoms with Gasteiger partial charge >= 0.3 is 0 Å². The number of hydrogen-bond acceptors (Lipinski definition) is 4. The predicted molar refractivity (Wildman–Crippen MR) is 142 cm³/mol. The molecule has 0 fully saturated rings. The van der Waals surface area contributed by atoms with E-state index in [0.29, 0.717) is 17.3 Å². The molecule has 0 aliphatic heterocycles. The van der Waals surface area contributed by atoms with Crippen molar-refractivity contribution in [3.63, 3.8) is 0 Å².